The number of aryl methyl sites for hydroxylation is 1. The van der Waals surface area contributed by atoms with E-state index in [9.17, 15) is 4.79 Å². The van der Waals surface area contributed by atoms with E-state index in [-0.39, 0.29) is 5.91 Å². The monoisotopic (exact) mass is 347 g/mol. The Morgan fingerprint density at radius 3 is 2.38 bits per heavy atom. The highest BCUT2D eigenvalue weighted by atomic mass is 16.3. The Labute approximate surface area is 155 Å². The average Bonchev–Trinajstić information content (AvgIpc) is 3.15. The topological polar surface area (TPSA) is 33.5 Å². The molecule has 0 radical (unpaired) electrons. The predicted molar refractivity (Wildman–Crippen MR) is 105 cm³/mol. The summed E-state index contributed by atoms with van der Waals surface area (Å²) in [6, 6.07) is 20.4. The van der Waals surface area contributed by atoms with Crippen LogP contribution in [-0.2, 0) is 6.54 Å². The smallest absolute Gasteiger partial charge is 0.289 e. The fourth-order valence-electron chi connectivity index (χ4n) is 3.06. The van der Waals surface area contributed by atoms with Crippen LogP contribution in [0.1, 0.15) is 35.5 Å². The van der Waals surface area contributed by atoms with Gasteiger partial charge in [0.2, 0.25) is 0 Å². The molecule has 0 aliphatic rings. The molecule has 0 saturated carbocycles. The van der Waals surface area contributed by atoms with Crippen LogP contribution in [-0.4, -0.2) is 17.4 Å². The third-order valence-electron chi connectivity index (χ3n) is 4.28. The number of benzene rings is 2. The Morgan fingerprint density at radius 2 is 1.77 bits per heavy atom. The normalized spacial score (nSPS) is 10.9. The van der Waals surface area contributed by atoms with Gasteiger partial charge in [0.25, 0.3) is 5.91 Å². The zero-order valence-electron chi connectivity index (χ0n) is 15.6. The van der Waals surface area contributed by atoms with Crippen LogP contribution in [0.15, 0.2) is 71.3 Å². The van der Waals surface area contributed by atoms with Gasteiger partial charge in [-0.05, 0) is 41.7 Å². The molecule has 3 heteroatoms. The number of rotatable bonds is 6. The van der Waals surface area contributed by atoms with Crippen molar-refractivity contribution in [1.82, 2.24) is 4.90 Å². The van der Waals surface area contributed by atoms with E-state index in [1.807, 2.05) is 4.90 Å². The molecule has 0 aliphatic heterocycles. The van der Waals surface area contributed by atoms with Crippen molar-refractivity contribution in [2.75, 3.05) is 6.54 Å². The van der Waals surface area contributed by atoms with E-state index in [1.54, 1.807) is 12.1 Å². The van der Waals surface area contributed by atoms with Crippen LogP contribution in [0.5, 0.6) is 0 Å². The highest BCUT2D eigenvalue weighted by Crippen LogP contribution is 2.22. The second-order valence-electron chi connectivity index (χ2n) is 7.12. The van der Waals surface area contributed by atoms with Crippen LogP contribution in [0.3, 0.4) is 0 Å². The van der Waals surface area contributed by atoms with Crippen molar-refractivity contribution in [2.24, 2.45) is 5.92 Å². The van der Waals surface area contributed by atoms with E-state index >= 15 is 0 Å². The zero-order chi connectivity index (χ0) is 18.5. The van der Waals surface area contributed by atoms with Gasteiger partial charge in [0.15, 0.2) is 5.76 Å². The summed E-state index contributed by atoms with van der Waals surface area (Å²) < 4.78 is 5.29. The van der Waals surface area contributed by atoms with Crippen molar-refractivity contribution < 1.29 is 9.21 Å². The van der Waals surface area contributed by atoms with Gasteiger partial charge in [0.1, 0.15) is 0 Å². The lowest BCUT2D eigenvalue weighted by molar-refractivity contribution is 0.0690. The van der Waals surface area contributed by atoms with E-state index in [0.717, 1.165) is 5.56 Å². The van der Waals surface area contributed by atoms with E-state index in [1.165, 1.54) is 23.0 Å². The summed E-state index contributed by atoms with van der Waals surface area (Å²) in [7, 11) is 0. The molecule has 3 aromatic rings. The molecule has 0 fully saturated rings. The molecule has 0 bridgehead atoms. The van der Waals surface area contributed by atoms with Gasteiger partial charge < -0.3 is 9.32 Å². The maximum atomic E-state index is 12.7. The fourth-order valence-corrected chi connectivity index (χ4v) is 3.06. The van der Waals surface area contributed by atoms with E-state index < -0.39 is 0 Å². The number of hydrogen-bond donors (Lipinski definition) is 0. The SMILES string of the molecule is Cc1cccc(-c2ccc(CN(CC(C)C)C(=O)c3ccco3)cc2)c1. The molecule has 1 heterocycles. The Bertz CT molecular complexity index is 848. The first-order valence-electron chi connectivity index (χ1n) is 9.01. The molecule has 3 nitrogen and oxygen atoms in total. The highest BCUT2D eigenvalue weighted by Gasteiger charge is 2.19. The molecule has 0 N–H and O–H groups in total. The zero-order valence-corrected chi connectivity index (χ0v) is 15.6. The first-order chi connectivity index (χ1) is 12.5. The van der Waals surface area contributed by atoms with Gasteiger partial charge in [-0.15, -0.1) is 0 Å². The molecule has 0 spiro atoms. The van der Waals surface area contributed by atoms with Crippen molar-refractivity contribution in [3.8, 4) is 11.1 Å². The molecule has 1 aromatic heterocycles. The Balaban J connectivity index is 1.77. The molecule has 26 heavy (non-hydrogen) atoms. The average molecular weight is 347 g/mol. The number of nitrogens with zero attached hydrogens (tertiary/aromatic N) is 1. The second kappa shape index (κ2) is 8.05. The van der Waals surface area contributed by atoms with Gasteiger partial charge >= 0.3 is 0 Å². The lowest BCUT2D eigenvalue weighted by atomic mass is 10.0. The summed E-state index contributed by atoms with van der Waals surface area (Å²) in [4.78, 5) is 14.6. The quantitative estimate of drug-likeness (QED) is 0.585. The number of hydrogen-bond acceptors (Lipinski definition) is 2. The summed E-state index contributed by atoms with van der Waals surface area (Å²) >= 11 is 0. The van der Waals surface area contributed by atoms with Crippen LogP contribution < -0.4 is 0 Å². The highest BCUT2D eigenvalue weighted by molar-refractivity contribution is 5.91. The van der Waals surface area contributed by atoms with Gasteiger partial charge in [-0.1, -0.05) is 67.9 Å². The molecule has 0 unspecified atom stereocenters. The largest absolute Gasteiger partial charge is 0.459 e. The van der Waals surface area contributed by atoms with Crippen molar-refractivity contribution in [3.63, 3.8) is 0 Å². The maximum Gasteiger partial charge on any atom is 0.289 e. The van der Waals surface area contributed by atoms with Gasteiger partial charge in [0.05, 0.1) is 6.26 Å². The van der Waals surface area contributed by atoms with Gasteiger partial charge in [0, 0.05) is 13.1 Å². The van der Waals surface area contributed by atoms with E-state index in [4.69, 9.17) is 4.42 Å². The Kier molecular flexibility index (Phi) is 5.57. The molecule has 1 amide bonds. The predicted octanol–water partition coefficient (Wildman–Crippen LogP) is 5.55. The van der Waals surface area contributed by atoms with E-state index in [0.29, 0.717) is 24.8 Å². The first kappa shape index (κ1) is 18.0. The van der Waals surface area contributed by atoms with Crippen LogP contribution in [0, 0.1) is 12.8 Å². The summed E-state index contributed by atoms with van der Waals surface area (Å²) in [5.74, 6) is 0.717. The van der Waals surface area contributed by atoms with Crippen molar-refractivity contribution in [1.29, 1.82) is 0 Å². The summed E-state index contributed by atoms with van der Waals surface area (Å²) in [5, 5.41) is 0. The van der Waals surface area contributed by atoms with Crippen molar-refractivity contribution >= 4 is 5.91 Å². The number of carbonyl (C=O) groups is 1. The van der Waals surface area contributed by atoms with Gasteiger partial charge in [-0.25, -0.2) is 0 Å². The maximum absolute atomic E-state index is 12.7. The summed E-state index contributed by atoms with van der Waals surface area (Å²) in [5.41, 5.74) is 4.76. The molecule has 0 atom stereocenters. The summed E-state index contributed by atoms with van der Waals surface area (Å²) in [6.45, 7) is 7.60. The van der Waals surface area contributed by atoms with Gasteiger partial charge in [-0.2, -0.15) is 0 Å². The van der Waals surface area contributed by atoms with Crippen molar-refractivity contribution in [3.05, 3.63) is 83.8 Å². The molecular weight excluding hydrogens is 322 g/mol. The molecule has 0 saturated heterocycles. The number of furan rings is 1. The van der Waals surface area contributed by atoms with Crippen LogP contribution in [0.4, 0.5) is 0 Å². The summed E-state index contributed by atoms with van der Waals surface area (Å²) in [6.07, 6.45) is 1.54. The molecular formula is C23H25NO2. The van der Waals surface area contributed by atoms with Crippen LogP contribution in [0.25, 0.3) is 11.1 Å². The molecule has 3 rings (SSSR count). The number of carbonyl (C=O) groups excluding carboxylic acids is 1. The molecule has 2 aromatic carbocycles. The minimum atomic E-state index is -0.0635. The van der Waals surface area contributed by atoms with Crippen molar-refractivity contribution in [2.45, 2.75) is 27.3 Å². The Hall–Kier alpha value is -2.81. The second-order valence-corrected chi connectivity index (χ2v) is 7.12. The standard InChI is InChI=1S/C23H25NO2/c1-17(2)15-24(23(25)22-8-5-13-26-22)16-19-9-11-20(12-10-19)21-7-4-6-18(3)14-21/h4-14,17H,15-16H2,1-3H3. The Morgan fingerprint density at radius 1 is 1.00 bits per heavy atom. The third-order valence-corrected chi connectivity index (χ3v) is 4.28. The minimum absolute atomic E-state index is 0.0635. The molecule has 134 valence electrons. The lowest BCUT2D eigenvalue weighted by Crippen LogP contribution is -2.33. The van der Waals surface area contributed by atoms with Gasteiger partial charge in [-0.3, -0.25) is 4.79 Å². The van der Waals surface area contributed by atoms with Crippen LogP contribution in [0.2, 0.25) is 0 Å². The number of amides is 1. The third kappa shape index (κ3) is 4.42. The molecule has 0 aliphatic carbocycles. The fraction of sp³-hybridized carbons (Fsp3) is 0.261. The minimum Gasteiger partial charge on any atom is -0.459 e. The first-order valence-corrected chi connectivity index (χ1v) is 9.01. The van der Waals surface area contributed by atoms with E-state index in [2.05, 4.69) is 69.3 Å². The lowest BCUT2D eigenvalue weighted by Gasteiger charge is -2.24. The van der Waals surface area contributed by atoms with Crippen LogP contribution >= 0.6 is 0 Å².